The van der Waals surface area contributed by atoms with Gasteiger partial charge in [0.1, 0.15) is 5.75 Å². The number of carboxylic acids is 1. The van der Waals surface area contributed by atoms with E-state index in [4.69, 9.17) is 5.11 Å². The van der Waals surface area contributed by atoms with Crippen molar-refractivity contribution in [2.24, 2.45) is 0 Å². The molecule has 0 saturated heterocycles. The van der Waals surface area contributed by atoms with E-state index in [0.717, 1.165) is 12.1 Å². The molecule has 0 fully saturated rings. The molecule has 1 rings (SSSR count). The molecule has 0 aromatic heterocycles. The van der Waals surface area contributed by atoms with Crippen LogP contribution >= 0.6 is 0 Å². The van der Waals surface area contributed by atoms with Gasteiger partial charge in [-0.15, -0.1) is 0 Å². The van der Waals surface area contributed by atoms with Gasteiger partial charge in [0, 0.05) is 0 Å². The van der Waals surface area contributed by atoms with Gasteiger partial charge in [0.2, 0.25) is 0 Å². The number of benzene rings is 1. The monoisotopic (exact) mass is 298 g/mol. The maximum atomic E-state index is 12.2. The van der Waals surface area contributed by atoms with Crippen LogP contribution in [0.15, 0.2) is 12.1 Å². The van der Waals surface area contributed by atoms with E-state index in [1.165, 1.54) is 13.8 Å². The lowest BCUT2D eigenvalue weighted by atomic mass is 10.1. The van der Waals surface area contributed by atoms with E-state index < -0.39 is 27.3 Å². The zero-order chi connectivity index (χ0) is 15.0. The normalized spacial score (nSPS) is 12.3. The van der Waals surface area contributed by atoms with Crippen molar-refractivity contribution in [1.82, 2.24) is 0 Å². The molecule has 19 heavy (non-hydrogen) atoms. The molecule has 0 unspecified atom stereocenters. The zero-order valence-electron chi connectivity index (χ0n) is 9.78. The molecule has 0 atom stereocenters. The van der Waals surface area contributed by atoms with Gasteiger partial charge in [0.25, 0.3) is 0 Å². The highest BCUT2D eigenvalue weighted by atomic mass is 32.2. The van der Waals surface area contributed by atoms with E-state index in [9.17, 15) is 26.4 Å². The fraction of sp³-hybridized carbons (Fsp3) is 0.300. The van der Waals surface area contributed by atoms with E-state index in [1.54, 1.807) is 0 Å². The van der Waals surface area contributed by atoms with Crippen LogP contribution in [0, 0.1) is 13.8 Å². The van der Waals surface area contributed by atoms with Gasteiger partial charge in [0.15, 0.2) is 0 Å². The van der Waals surface area contributed by atoms with Crippen molar-refractivity contribution in [2.45, 2.75) is 19.4 Å². The van der Waals surface area contributed by atoms with Gasteiger partial charge in [-0.2, -0.15) is 21.6 Å². The standard InChI is InChI=1S/C10H9F3O5S/c1-5-3-7(9(14)15)4-6(2)8(5)18-19(16,17)10(11,12)13/h3-4H,1-2H3,(H,14,15). The lowest BCUT2D eigenvalue weighted by Crippen LogP contribution is -2.28. The summed E-state index contributed by atoms with van der Waals surface area (Å²) in [5.74, 6) is -1.81. The largest absolute Gasteiger partial charge is 0.534 e. The van der Waals surface area contributed by atoms with Gasteiger partial charge < -0.3 is 9.29 Å². The summed E-state index contributed by atoms with van der Waals surface area (Å²) in [6.45, 7) is 2.50. The molecule has 1 aromatic carbocycles. The highest BCUT2D eigenvalue weighted by Crippen LogP contribution is 2.31. The Kier molecular flexibility index (Phi) is 3.80. The third kappa shape index (κ3) is 3.16. The number of carbonyl (C=O) groups is 1. The van der Waals surface area contributed by atoms with Crippen molar-refractivity contribution in [2.75, 3.05) is 0 Å². The van der Waals surface area contributed by atoms with Crippen molar-refractivity contribution in [3.63, 3.8) is 0 Å². The van der Waals surface area contributed by atoms with Crippen molar-refractivity contribution in [1.29, 1.82) is 0 Å². The molecule has 0 spiro atoms. The predicted octanol–water partition coefficient (Wildman–Crippen LogP) is 2.23. The average Bonchev–Trinajstić information content (AvgIpc) is 2.21. The number of alkyl halides is 3. The van der Waals surface area contributed by atoms with E-state index in [1.807, 2.05) is 0 Å². The minimum atomic E-state index is -5.78. The molecule has 9 heteroatoms. The van der Waals surface area contributed by atoms with Gasteiger partial charge in [0.05, 0.1) is 5.56 Å². The quantitative estimate of drug-likeness (QED) is 0.683. The second-order valence-corrected chi connectivity index (χ2v) is 5.27. The molecular weight excluding hydrogens is 289 g/mol. The Balaban J connectivity index is 3.29. The molecule has 0 radical (unpaired) electrons. The first-order chi connectivity index (χ1) is 8.45. The third-order valence-corrected chi connectivity index (χ3v) is 3.14. The van der Waals surface area contributed by atoms with Gasteiger partial charge in [-0.3, -0.25) is 0 Å². The summed E-state index contributed by atoms with van der Waals surface area (Å²) in [6, 6.07) is 2.05. The van der Waals surface area contributed by atoms with Gasteiger partial charge >= 0.3 is 21.6 Å². The molecule has 0 saturated carbocycles. The van der Waals surface area contributed by atoms with E-state index in [0.29, 0.717) is 0 Å². The molecule has 0 bridgehead atoms. The number of aromatic carboxylic acids is 1. The second kappa shape index (κ2) is 4.72. The summed E-state index contributed by atoms with van der Waals surface area (Å²) < 4.78 is 62.3. The number of aryl methyl sites for hydroxylation is 2. The maximum absolute atomic E-state index is 12.2. The van der Waals surface area contributed by atoms with Gasteiger partial charge in [-0.25, -0.2) is 4.79 Å². The summed E-state index contributed by atoms with van der Waals surface area (Å²) in [6.07, 6.45) is 0. The molecule has 106 valence electrons. The Hall–Kier alpha value is -1.77. The smallest absolute Gasteiger partial charge is 0.478 e. The SMILES string of the molecule is Cc1cc(C(=O)O)cc(C)c1OS(=O)(=O)C(F)(F)F. The number of carboxylic acid groups (broad SMARTS) is 1. The predicted molar refractivity (Wildman–Crippen MR) is 58.5 cm³/mol. The van der Waals surface area contributed by atoms with E-state index >= 15 is 0 Å². The topological polar surface area (TPSA) is 80.7 Å². The third-order valence-electron chi connectivity index (χ3n) is 2.18. The van der Waals surface area contributed by atoms with Crippen molar-refractivity contribution in [3.05, 3.63) is 28.8 Å². The first kappa shape index (κ1) is 15.3. The van der Waals surface area contributed by atoms with Crippen molar-refractivity contribution in [3.8, 4) is 5.75 Å². The molecular formula is C10H9F3O5S. The molecule has 0 amide bonds. The average molecular weight is 298 g/mol. The van der Waals surface area contributed by atoms with Crippen LogP contribution in [-0.2, 0) is 10.1 Å². The Morgan fingerprint density at radius 2 is 1.63 bits per heavy atom. The Bertz CT molecular complexity index is 596. The number of hydrogen-bond donors (Lipinski definition) is 1. The molecule has 0 aliphatic carbocycles. The molecule has 1 aromatic rings. The number of rotatable bonds is 3. The van der Waals surface area contributed by atoms with Crippen molar-refractivity contribution >= 4 is 16.1 Å². The number of halogens is 3. The molecule has 0 heterocycles. The summed E-state index contributed by atoms with van der Waals surface area (Å²) in [5.41, 5.74) is -5.76. The Morgan fingerprint density at radius 1 is 1.21 bits per heavy atom. The van der Waals surface area contributed by atoms with Crippen LogP contribution in [0.1, 0.15) is 21.5 Å². The highest BCUT2D eigenvalue weighted by molar-refractivity contribution is 7.88. The Morgan fingerprint density at radius 3 is 1.95 bits per heavy atom. The van der Waals surface area contributed by atoms with Crippen LogP contribution in [0.5, 0.6) is 5.75 Å². The van der Waals surface area contributed by atoms with Crippen LogP contribution in [0.2, 0.25) is 0 Å². The van der Waals surface area contributed by atoms with Crippen LogP contribution in [0.25, 0.3) is 0 Å². The minimum Gasteiger partial charge on any atom is -0.478 e. The minimum absolute atomic E-state index is 0.0229. The van der Waals surface area contributed by atoms with Crippen LogP contribution < -0.4 is 4.18 Å². The van der Waals surface area contributed by atoms with Crippen LogP contribution in [0.4, 0.5) is 13.2 Å². The van der Waals surface area contributed by atoms with E-state index in [-0.39, 0.29) is 16.7 Å². The number of hydrogen-bond acceptors (Lipinski definition) is 4. The maximum Gasteiger partial charge on any atom is 0.534 e. The highest BCUT2D eigenvalue weighted by Gasteiger charge is 2.48. The summed E-state index contributed by atoms with van der Waals surface area (Å²) >= 11 is 0. The van der Waals surface area contributed by atoms with Crippen LogP contribution in [0.3, 0.4) is 0 Å². The fourth-order valence-electron chi connectivity index (χ4n) is 1.36. The van der Waals surface area contributed by atoms with E-state index in [2.05, 4.69) is 4.18 Å². The fourth-order valence-corrected chi connectivity index (χ4v) is 1.94. The lowest BCUT2D eigenvalue weighted by molar-refractivity contribution is -0.0500. The molecule has 0 aliphatic heterocycles. The van der Waals surface area contributed by atoms with Crippen molar-refractivity contribution < 1.29 is 35.7 Å². The zero-order valence-corrected chi connectivity index (χ0v) is 10.6. The van der Waals surface area contributed by atoms with Gasteiger partial charge in [-0.05, 0) is 37.1 Å². The first-order valence-corrected chi connectivity index (χ1v) is 6.22. The van der Waals surface area contributed by atoms with Crippen LogP contribution in [-0.4, -0.2) is 25.0 Å². The molecule has 5 nitrogen and oxygen atoms in total. The lowest BCUT2D eigenvalue weighted by Gasteiger charge is -2.14. The Labute approximate surface area is 106 Å². The molecule has 0 aliphatic rings. The summed E-state index contributed by atoms with van der Waals surface area (Å²) in [4.78, 5) is 10.7. The summed E-state index contributed by atoms with van der Waals surface area (Å²) in [7, 11) is -5.78. The second-order valence-electron chi connectivity index (χ2n) is 3.73. The van der Waals surface area contributed by atoms with Gasteiger partial charge in [-0.1, -0.05) is 0 Å². The first-order valence-electron chi connectivity index (χ1n) is 4.81. The summed E-state index contributed by atoms with van der Waals surface area (Å²) in [5, 5.41) is 8.75. The molecule has 1 N–H and O–H groups in total.